The Kier molecular flexibility index (Phi) is 6.33. The lowest BCUT2D eigenvalue weighted by Crippen LogP contribution is -2.53. The van der Waals surface area contributed by atoms with E-state index in [9.17, 15) is 13.2 Å². The first-order valence-electron chi connectivity index (χ1n) is 9.65. The molecule has 1 unspecified atom stereocenters. The van der Waals surface area contributed by atoms with Crippen molar-refractivity contribution in [2.45, 2.75) is 37.3 Å². The number of hydrogen-bond donors (Lipinski definition) is 0. The first kappa shape index (κ1) is 22.0. The fraction of sp³-hybridized carbons (Fsp3) is 0.429. The highest BCUT2D eigenvalue weighted by Crippen LogP contribution is 2.32. The monoisotopic (exact) mass is 433 g/mol. The summed E-state index contributed by atoms with van der Waals surface area (Å²) in [4.78, 5) is 18.2. The van der Waals surface area contributed by atoms with Crippen molar-refractivity contribution in [2.24, 2.45) is 0 Å². The van der Waals surface area contributed by atoms with Crippen LogP contribution in [0.5, 0.6) is 5.75 Å². The predicted molar refractivity (Wildman–Crippen MR) is 112 cm³/mol. The largest absolute Gasteiger partial charge is 0.497 e. The van der Waals surface area contributed by atoms with Crippen LogP contribution in [-0.2, 0) is 14.8 Å². The molecule has 1 saturated heterocycles. The number of nitrogens with zero attached hydrogens (tertiary/aromatic N) is 3. The van der Waals surface area contributed by atoms with Gasteiger partial charge in [0.2, 0.25) is 10.0 Å². The average Bonchev–Trinajstić information content (AvgIpc) is 2.73. The van der Waals surface area contributed by atoms with Gasteiger partial charge in [0.15, 0.2) is 0 Å². The van der Waals surface area contributed by atoms with Crippen molar-refractivity contribution in [1.82, 2.24) is 14.2 Å². The fourth-order valence-electron chi connectivity index (χ4n) is 3.28. The quantitative estimate of drug-likeness (QED) is 0.736. The number of methoxy groups -OCH3 is 1. The molecule has 3 rings (SSSR count). The molecule has 1 aliphatic heterocycles. The number of carbonyl (C=O) groups is 1. The lowest BCUT2D eigenvalue weighted by atomic mass is 10.0. The summed E-state index contributed by atoms with van der Waals surface area (Å²) in [6, 6.07) is 9.72. The van der Waals surface area contributed by atoms with E-state index in [-0.39, 0.29) is 24.5 Å². The molecule has 9 heteroatoms. The third kappa shape index (κ3) is 4.91. The molecule has 2 heterocycles. The molecular weight excluding hydrogens is 406 g/mol. The van der Waals surface area contributed by atoms with Gasteiger partial charge in [-0.2, -0.15) is 4.31 Å². The molecule has 1 atom stereocenters. The van der Waals surface area contributed by atoms with E-state index in [1.807, 2.05) is 12.1 Å². The van der Waals surface area contributed by atoms with Crippen molar-refractivity contribution < 1.29 is 22.7 Å². The molecule has 0 spiro atoms. The Balaban J connectivity index is 1.95. The second-order valence-electron chi connectivity index (χ2n) is 8.02. The molecule has 0 saturated carbocycles. The van der Waals surface area contributed by atoms with E-state index in [1.54, 1.807) is 51.0 Å². The lowest BCUT2D eigenvalue weighted by molar-refractivity contribution is 0.0131. The first-order valence-corrected chi connectivity index (χ1v) is 11.1. The SMILES string of the molecule is COc1ccc(C2CN(C(=O)OC(C)(C)C)CCN2S(=O)(=O)c2cccnc2)cc1. The number of ether oxygens (including phenoxy) is 2. The summed E-state index contributed by atoms with van der Waals surface area (Å²) >= 11 is 0. The van der Waals surface area contributed by atoms with E-state index in [0.717, 1.165) is 5.56 Å². The van der Waals surface area contributed by atoms with Gasteiger partial charge in [0, 0.05) is 32.0 Å². The van der Waals surface area contributed by atoms with Crippen LogP contribution < -0.4 is 4.74 Å². The van der Waals surface area contributed by atoms with Gasteiger partial charge in [-0.05, 0) is 50.6 Å². The number of benzene rings is 1. The molecule has 8 nitrogen and oxygen atoms in total. The van der Waals surface area contributed by atoms with E-state index in [1.165, 1.54) is 22.8 Å². The smallest absolute Gasteiger partial charge is 0.410 e. The summed E-state index contributed by atoms with van der Waals surface area (Å²) in [5.74, 6) is 0.667. The number of rotatable bonds is 4. The molecular formula is C21H27N3O5S. The standard InChI is InChI=1S/C21H27N3O5S/c1-21(2,3)29-20(25)23-12-13-24(30(26,27)18-6-5-11-22-14-18)19(15-23)16-7-9-17(28-4)10-8-16/h5-11,14,19H,12-13,15H2,1-4H3. The van der Waals surface area contributed by atoms with Crippen LogP contribution >= 0.6 is 0 Å². The van der Waals surface area contributed by atoms with Gasteiger partial charge in [-0.1, -0.05) is 12.1 Å². The van der Waals surface area contributed by atoms with Gasteiger partial charge in [-0.3, -0.25) is 4.98 Å². The van der Waals surface area contributed by atoms with E-state index in [2.05, 4.69) is 4.98 Å². The van der Waals surface area contributed by atoms with Crippen molar-refractivity contribution >= 4 is 16.1 Å². The summed E-state index contributed by atoms with van der Waals surface area (Å²) in [7, 11) is -2.23. The van der Waals surface area contributed by atoms with Crippen LogP contribution in [0, 0.1) is 0 Å². The highest BCUT2D eigenvalue weighted by atomic mass is 32.2. The Hall–Kier alpha value is -2.65. The van der Waals surface area contributed by atoms with Gasteiger partial charge in [-0.15, -0.1) is 0 Å². The second kappa shape index (κ2) is 8.61. The zero-order valence-electron chi connectivity index (χ0n) is 17.6. The average molecular weight is 434 g/mol. The third-order valence-corrected chi connectivity index (χ3v) is 6.62. The highest BCUT2D eigenvalue weighted by molar-refractivity contribution is 7.89. The minimum atomic E-state index is -3.80. The maximum atomic E-state index is 13.3. The normalized spacial score (nSPS) is 18.1. The molecule has 1 fully saturated rings. The number of sulfonamides is 1. The van der Waals surface area contributed by atoms with Crippen molar-refractivity contribution in [3.63, 3.8) is 0 Å². The third-order valence-electron chi connectivity index (χ3n) is 4.72. The molecule has 0 bridgehead atoms. The van der Waals surface area contributed by atoms with Crippen LogP contribution in [0.3, 0.4) is 0 Å². The zero-order valence-corrected chi connectivity index (χ0v) is 18.4. The number of hydrogen-bond acceptors (Lipinski definition) is 6. The van der Waals surface area contributed by atoms with E-state index < -0.39 is 27.8 Å². The van der Waals surface area contributed by atoms with Crippen LogP contribution in [0.15, 0.2) is 53.7 Å². The Morgan fingerprint density at radius 3 is 2.40 bits per heavy atom. The van der Waals surface area contributed by atoms with Crippen LogP contribution in [-0.4, -0.2) is 61.0 Å². The van der Waals surface area contributed by atoms with Crippen molar-refractivity contribution in [3.05, 3.63) is 54.4 Å². The Morgan fingerprint density at radius 1 is 1.13 bits per heavy atom. The maximum absolute atomic E-state index is 13.3. The molecule has 1 aromatic heterocycles. The number of piperazine rings is 1. The van der Waals surface area contributed by atoms with Crippen molar-refractivity contribution in [3.8, 4) is 5.75 Å². The number of amides is 1. The highest BCUT2D eigenvalue weighted by Gasteiger charge is 2.39. The summed E-state index contributed by atoms with van der Waals surface area (Å²) in [5.41, 5.74) is 0.127. The van der Waals surface area contributed by atoms with Gasteiger partial charge in [0.1, 0.15) is 16.2 Å². The number of pyridine rings is 1. The number of aromatic nitrogens is 1. The number of carbonyl (C=O) groups excluding carboxylic acids is 1. The minimum absolute atomic E-state index is 0.120. The molecule has 0 aliphatic carbocycles. The van der Waals surface area contributed by atoms with Crippen LogP contribution in [0.1, 0.15) is 32.4 Å². The van der Waals surface area contributed by atoms with Gasteiger partial charge in [0.05, 0.1) is 13.2 Å². The predicted octanol–water partition coefficient (Wildman–Crippen LogP) is 3.07. The molecule has 0 radical (unpaired) electrons. The van der Waals surface area contributed by atoms with Crippen LogP contribution in [0.2, 0.25) is 0 Å². The fourth-order valence-corrected chi connectivity index (χ4v) is 4.84. The second-order valence-corrected chi connectivity index (χ2v) is 9.91. The topological polar surface area (TPSA) is 89.0 Å². The molecule has 1 aromatic carbocycles. The van der Waals surface area contributed by atoms with Gasteiger partial charge in [-0.25, -0.2) is 13.2 Å². The summed E-state index contributed by atoms with van der Waals surface area (Å²) in [6.45, 7) is 5.97. The minimum Gasteiger partial charge on any atom is -0.497 e. The van der Waals surface area contributed by atoms with E-state index in [0.29, 0.717) is 5.75 Å². The first-order chi connectivity index (χ1) is 14.1. The Labute approximate surface area is 177 Å². The van der Waals surface area contributed by atoms with Crippen LogP contribution in [0.4, 0.5) is 4.79 Å². The lowest BCUT2D eigenvalue weighted by Gasteiger charge is -2.41. The van der Waals surface area contributed by atoms with Crippen molar-refractivity contribution in [1.29, 1.82) is 0 Å². The van der Waals surface area contributed by atoms with Gasteiger partial charge in [0.25, 0.3) is 0 Å². The van der Waals surface area contributed by atoms with Crippen LogP contribution in [0.25, 0.3) is 0 Å². The van der Waals surface area contributed by atoms with Gasteiger partial charge < -0.3 is 14.4 Å². The summed E-state index contributed by atoms with van der Waals surface area (Å²) in [6.07, 6.45) is 2.40. The van der Waals surface area contributed by atoms with Crippen molar-refractivity contribution in [2.75, 3.05) is 26.7 Å². The molecule has 1 aliphatic rings. The van der Waals surface area contributed by atoms with E-state index in [4.69, 9.17) is 9.47 Å². The Bertz CT molecular complexity index is 972. The molecule has 2 aromatic rings. The van der Waals surface area contributed by atoms with E-state index >= 15 is 0 Å². The molecule has 0 N–H and O–H groups in total. The molecule has 30 heavy (non-hydrogen) atoms. The molecule has 1 amide bonds. The summed E-state index contributed by atoms with van der Waals surface area (Å²) in [5, 5.41) is 0. The van der Waals surface area contributed by atoms with Gasteiger partial charge >= 0.3 is 6.09 Å². The zero-order chi connectivity index (χ0) is 21.9. The molecule has 162 valence electrons. The Morgan fingerprint density at radius 2 is 1.83 bits per heavy atom. The summed E-state index contributed by atoms with van der Waals surface area (Å²) < 4.78 is 38.8. The maximum Gasteiger partial charge on any atom is 0.410 e.